The monoisotopic (exact) mass is 210 g/mol. The van der Waals surface area contributed by atoms with Gasteiger partial charge < -0.3 is 10.5 Å². The quantitative estimate of drug-likeness (QED) is 0.796. The summed E-state index contributed by atoms with van der Waals surface area (Å²) in [4.78, 5) is 1.61. The van der Waals surface area contributed by atoms with Gasteiger partial charge in [0.15, 0.2) is 5.82 Å². The molecule has 0 aromatic carbocycles. The summed E-state index contributed by atoms with van der Waals surface area (Å²) in [5, 5.41) is 8.11. The van der Waals surface area contributed by atoms with E-state index in [9.17, 15) is 0 Å². The lowest BCUT2D eigenvalue weighted by Crippen LogP contribution is -2.37. The summed E-state index contributed by atoms with van der Waals surface area (Å²) in [5.74, 6) is 0.463. The van der Waals surface area contributed by atoms with Gasteiger partial charge in [0.2, 0.25) is 0 Å². The van der Waals surface area contributed by atoms with Crippen LogP contribution in [-0.2, 0) is 11.3 Å². The van der Waals surface area contributed by atoms with E-state index >= 15 is 0 Å². The molecule has 2 N–H and O–H groups in total. The molecule has 84 valence electrons. The summed E-state index contributed by atoms with van der Waals surface area (Å²) < 4.78 is 5.95. The van der Waals surface area contributed by atoms with Crippen LogP contribution in [0.15, 0.2) is 6.20 Å². The highest BCUT2D eigenvalue weighted by atomic mass is 16.5. The molecule has 1 unspecified atom stereocenters. The van der Waals surface area contributed by atoms with Gasteiger partial charge >= 0.3 is 0 Å². The molecule has 1 saturated heterocycles. The third-order valence-electron chi connectivity index (χ3n) is 2.71. The average Bonchev–Trinajstić information content (AvgIpc) is 2.49. The van der Waals surface area contributed by atoms with Crippen molar-refractivity contribution in [2.75, 3.05) is 5.73 Å². The largest absolute Gasteiger partial charge is 0.381 e. The number of aromatic nitrogens is 3. The second-order valence-corrected chi connectivity index (χ2v) is 4.72. The summed E-state index contributed by atoms with van der Waals surface area (Å²) in [5.41, 5.74) is 5.49. The van der Waals surface area contributed by atoms with E-state index in [1.165, 1.54) is 6.42 Å². The number of nitrogens with two attached hydrogens (primary N) is 1. The molecule has 0 spiro atoms. The van der Waals surface area contributed by atoms with E-state index in [2.05, 4.69) is 24.0 Å². The van der Waals surface area contributed by atoms with Gasteiger partial charge in [0, 0.05) is 0 Å². The maximum Gasteiger partial charge on any atom is 0.165 e. The molecule has 1 fully saturated rings. The van der Waals surface area contributed by atoms with Gasteiger partial charge in [-0.25, -0.2) is 0 Å². The van der Waals surface area contributed by atoms with Crippen LogP contribution in [-0.4, -0.2) is 26.7 Å². The number of nitrogens with zero attached hydrogens (tertiary/aromatic N) is 3. The predicted molar refractivity (Wildman–Crippen MR) is 57.2 cm³/mol. The van der Waals surface area contributed by atoms with Gasteiger partial charge in [0.25, 0.3) is 0 Å². The van der Waals surface area contributed by atoms with Gasteiger partial charge in [-0.2, -0.15) is 9.90 Å². The van der Waals surface area contributed by atoms with Crippen LogP contribution >= 0.6 is 0 Å². The molecule has 1 atom stereocenters. The highest BCUT2D eigenvalue weighted by Gasteiger charge is 2.28. The molecule has 0 amide bonds. The van der Waals surface area contributed by atoms with Crippen LogP contribution in [0.1, 0.15) is 33.1 Å². The summed E-state index contributed by atoms with van der Waals surface area (Å²) in [6.07, 6.45) is 5.17. The molecule has 1 aromatic rings. The second-order valence-electron chi connectivity index (χ2n) is 4.72. The molecule has 0 radical (unpaired) electrons. The second kappa shape index (κ2) is 3.81. The molecule has 5 nitrogen and oxygen atoms in total. The van der Waals surface area contributed by atoms with Gasteiger partial charge in [0.05, 0.1) is 24.4 Å². The summed E-state index contributed by atoms with van der Waals surface area (Å²) >= 11 is 0. The zero-order valence-electron chi connectivity index (χ0n) is 9.31. The first-order chi connectivity index (χ1) is 7.05. The molecule has 1 aliphatic heterocycles. The molecule has 0 bridgehead atoms. The van der Waals surface area contributed by atoms with Crippen LogP contribution in [0.4, 0.5) is 5.82 Å². The Morgan fingerprint density at radius 3 is 3.07 bits per heavy atom. The zero-order valence-corrected chi connectivity index (χ0v) is 9.31. The topological polar surface area (TPSA) is 66.0 Å². The summed E-state index contributed by atoms with van der Waals surface area (Å²) in [7, 11) is 0. The van der Waals surface area contributed by atoms with Gasteiger partial charge in [-0.15, -0.1) is 5.10 Å². The average molecular weight is 210 g/mol. The number of rotatable bonds is 2. The van der Waals surface area contributed by atoms with E-state index in [0.29, 0.717) is 12.4 Å². The predicted octanol–water partition coefficient (Wildman–Crippen LogP) is 1.21. The third kappa shape index (κ3) is 2.68. The first-order valence-electron chi connectivity index (χ1n) is 5.39. The normalized spacial score (nSPS) is 25.3. The summed E-state index contributed by atoms with van der Waals surface area (Å²) in [6.45, 7) is 4.95. The van der Waals surface area contributed by atoms with Crippen molar-refractivity contribution in [2.45, 2.75) is 51.4 Å². The van der Waals surface area contributed by atoms with E-state index in [4.69, 9.17) is 10.5 Å². The Kier molecular flexibility index (Phi) is 2.65. The van der Waals surface area contributed by atoms with Crippen molar-refractivity contribution in [1.82, 2.24) is 15.0 Å². The molecule has 0 saturated carbocycles. The van der Waals surface area contributed by atoms with Gasteiger partial charge in [0.1, 0.15) is 0 Å². The SMILES string of the molecule is CC1(C)CCCC(Cn2ncc(N)n2)O1. The molecule has 2 rings (SSSR count). The molecule has 2 heterocycles. The molecule has 1 aromatic heterocycles. The third-order valence-corrected chi connectivity index (χ3v) is 2.71. The maximum absolute atomic E-state index is 5.95. The first kappa shape index (κ1) is 10.4. The molecular formula is C10H18N4O. The molecule has 1 aliphatic rings. The Morgan fingerprint density at radius 2 is 2.47 bits per heavy atom. The van der Waals surface area contributed by atoms with Crippen molar-refractivity contribution in [2.24, 2.45) is 0 Å². The van der Waals surface area contributed by atoms with E-state index in [1.807, 2.05) is 0 Å². The minimum atomic E-state index is -0.0123. The van der Waals surface area contributed by atoms with Crippen molar-refractivity contribution in [3.63, 3.8) is 0 Å². The van der Waals surface area contributed by atoms with E-state index < -0.39 is 0 Å². The zero-order chi connectivity index (χ0) is 10.9. The summed E-state index contributed by atoms with van der Waals surface area (Å²) in [6, 6.07) is 0. The molecule has 15 heavy (non-hydrogen) atoms. The molecule has 0 aliphatic carbocycles. The van der Waals surface area contributed by atoms with Crippen LogP contribution in [0, 0.1) is 0 Å². The van der Waals surface area contributed by atoms with E-state index in [1.54, 1.807) is 11.0 Å². The van der Waals surface area contributed by atoms with Crippen LogP contribution in [0.25, 0.3) is 0 Å². The lowest BCUT2D eigenvalue weighted by molar-refractivity contribution is -0.114. The van der Waals surface area contributed by atoms with Crippen molar-refractivity contribution >= 4 is 5.82 Å². The van der Waals surface area contributed by atoms with E-state index in [0.717, 1.165) is 12.8 Å². The fraction of sp³-hybridized carbons (Fsp3) is 0.800. The Labute approximate surface area is 89.6 Å². The van der Waals surface area contributed by atoms with Gasteiger partial charge in [-0.05, 0) is 33.1 Å². The smallest absolute Gasteiger partial charge is 0.165 e. The van der Waals surface area contributed by atoms with Crippen LogP contribution < -0.4 is 5.73 Å². The maximum atomic E-state index is 5.95. The Hall–Kier alpha value is -1.10. The molecular weight excluding hydrogens is 192 g/mol. The lowest BCUT2D eigenvalue weighted by atomic mass is 9.95. The number of anilines is 1. The number of hydrogen-bond acceptors (Lipinski definition) is 4. The first-order valence-corrected chi connectivity index (χ1v) is 5.39. The Morgan fingerprint density at radius 1 is 1.67 bits per heavy atom. The highest BCUT2D eigenvalue weighted by molar-refractivity contribution is 5.19. The van der Waals surface area contributed by atoms with Crippen LogP contribution in [0.2, 0.25) is 0 Å². The van der Waals surface area contributed by atoms with Crippen molar-refractivity contribution in [3.8, 4) is 0 Å². The minimum absolute atomic E-state index is 0.0123. The number of nitrogen functional groups attached to an aromatic ring is 1. The standard InChI is InChI=1S/C10H18N4O/c1-10(2)5-3-4-8(15-10)7-14-12-6-9(11)13-14/h6,8H,3-5,7H2,1-2H3,(H2,11,13). The van der Waals surface area contributed by atoms with Crippen molar-refractivity contribution in [1.29, 1.82) is 0 Å². The minimum Gasteiger partial charge on any atom is -0.381 e. The van der Waals surface area contributed by atoms with Gasteiger partial charge in [-0.1, -0.05) is 0 Å². The van der Waals surface area contributed by atoms with Gasteiger partial charge in [-0.3, -0.25) is 0 Å². The molecule has 5 heteroatoms. The lowest BCUT2D eigenvalue weighted by Gasteiger charge is -2.35. The number of ether oxygens (including phenoxy) is 1. The van der Waals surface area contributed by atoms with Crippen molar-refractivity contribution < 1.29 is 4.74 Å². The Balaban J connectivity index is 1.95. The van der Waals surface area contributed by atoms with E-state index in [-0.39, 0.29) is 11.7 Å². The Bertz CT molecular complexity index is 334. The van der Waals surface area contributed by atoms with Crippen molar-refractivity contribution in [3.05, 3.63) is 6.20 Å². The van der Waals surface area contributed by atoms with Crippen LogP contribution in [0.3, 0.4) is 0 Å². The number of hydrogen-bond donors (Lipinski definition) is 1. The fourth-order valence-electron chi connectivity index (χ4n) is 2.03. The van der Waals surface area contributed by atoms with Crippen LogP contribution in [0.5, 0.6) is 0 Å². The highest BCUT2D eigenvalue weighted by Crippen LogP contribution is 2.28. The fourth-order valence-corrected chi connectivity index (χ4v) is 2.03.